The van der Waals surface area contributed by atoms with E-state index in [1.165, 1.54) is 44.2 Å². The lowest BCUT2D eigenvalue weighted by Gasteiger charge is -2.28. The predicted octanol–water partition coefficient (Wildman–Crippen LogP) is 4.28. The molecule has 1 saturated carbocycles. The Kier molecular flexibility index (Phi) is 6.72. The molecular weight excluding hydrogens is 392 g/mol. The smallest absolute Gasteiger partial charge is 0.104 e. The van der Waals surface area contributed by atoms with Gasteiger partial charge >= 0.3 is 0 Å². The highest BCUT2D eigenvalue weighted by Crippen LogP contribution is 2.41. The van der Waals surface area contributed by atoms with Crippen molar-refractivity contribution in [2.24, 2.45) is 5.92 Å². The zero-order valence-corrected chi connectivity index (χ0v) is 20.9. The summed E-state index contributed by atoms with van der Waals surface area (Å²) in [6, 6.07) is 12.6. The van der Waals surface area contributed by atoms with Crippen molar-refractivity contribution in [2.45, 2.75) is 88.7 Å². The summed E-state index contributed by atoms with van der Waals surface area (Å²) in [6.07, 6.45) is 8.24. The van der Waals surface area contributed by atoms with Gasteiger partial charge in [0.2, 0.25) is 0 Å². The molecule has 1 aliphatic carbocycles. The number of rotatable bonds is 11. The van der Waals surface area contributed by atoms with Gasteiger partial charge in [-0.2, -0.15) is 0 Å². The average Bonchev–Trinajstić information content (AvgIpc) is 3.61. The Morgan fingerprint density at radius 3 is 2.21 bits per heavy atom. The first-order valence-corrected chi connectivity index (χ1v) is 18.2. The predicted molar refractivity (Wildman–Crippen MR) is 126 cm³/mol. The van der Waals surface area contributed by atoms with E-state index in [1.54, 1.807) is 10.4 Å². The van der Waals surface area contributed by atoms with Gasteiger partial charge in [-0.1, -0.05) is 79.3 Å². The molecule has 1 aromatic rings. The second-order valence-electron chi connectivity index (χ2n) is 10.9. The number of ether oxygens (including phenoxy) is 3. The minimum absolute atomic E-state index is 0.386. The van der Waals surface area contributed by atoms with Crippen LogP contribution in [0, 0.1) is 5.92 Å². The van der Waals surface area contributed by atoms with E-state index in [0.717, 1.165) is 25.7 Å². The summed E-state index contributed by atoms with van der Waals surface area (Å²) in [7, 11) is -2.73. The van der Waals surface area contributed by atoms with E-state index in [0.29, 0.717) is 18.3 Å². The van der Waals surface area contributed by atoms with Crippen molar-refractivity contribution in [3.8, 4) is 0 Å². The number of epoxide rings is 2. The van der Waals surface area contributed by atoms with E-state index < -0.39 is 16.1 Å². The highest BCUT2D eigenvalue weighted by molar-refractivity contribution is 6.91. The Balaban J connectivity index is 1.24. The summed E-state index contributed by atoms with van der Waals surface area (Å²) in [6.45, 7) is 12.7. The van der Waals surface area contributed by atoms with Gasteiger partial charge in [0.05, 0.1) is 41.6 Å². The highest BCUT2D eigenvalue weighted by atomic mass is 28.3. The number of benzene rings is 1. The van der Waals surface area contributed by atoms with Gasteiger partial charge < -0.3 is 14.2 Å². The van der Waals surface area contributed by atoms with Crippen LogP contribution < -0.4 is 10.4 Å². The van der Waals surface area contributed by atoms with E-state index in [1.807, 2.05) is 0 Å². The lowest BCUT2D eigenvalue weighted by atomic mass is 9.87. The normalized spacial score (nSPS) is 28.8. The van der Waals surface area contributed by atoms with Gasteiger partial charge in [0.1, 0.15) is 6.10 Å². The van der Waals surface area contributed by atoms with Crippen LogP contribution >= 0.6 is 0 Å². The third-order valence-electron chi connectivity index (χ3n) is 7.53. The fourth-order valence-electron chi connectivity index (χ4n) is 4.97. The molecule has 2 aliphatic heterocycles. The molecule has 3 fully saturated rings. The van der Waals surface area contributed by atoms with E-state index in [-0.39, 0.29) is 0 Å². The Morgan fingerprint density at radius 1 is 0.931 bits per heavy atom. The molecular formula is C24H40O3Si2. The summed E-state index contributed by atoms with van der Waals surface area (Å²) in [5.74, 6) is 0.907. The minimum atomic E-state index is -1.38. The molecule has 162 valence electrons. The van der Waals surface area contributed by atoms with Crippen LogP contribution in [-0.2, 0) is 14.2 Å². The van der Waals surface area contributed by atoms with Crippen molar-refractivity contribution in [3.63, 3.8) is 0 Å². The molecule has 4 rings (SSSR count). The van der Waals surface area contributed by atoms with Crippen LogP contribution in [0.15, 0.2) is 24.3 Å². The maximum atomic E-state index is 5.73. The monoisotopic (exact) mass is 432 g/mol. The first kappa shape index (κ1) is 21.8. The maximum absolute atomic E-state index is 5.73. The SMILES string of the molecule is C[Si](C)(CCCOCC1CO1)c1ccc([Si](C)(C)CCC2CCC3OC3C2)cc1. The van der Waals surface area contributed by atoms with Gasteiger partial charge in [-0.05, 0) is 31.6 Å². The van der Waals surface area contributed by atoms with Crippen molar-refractivity contribution < 1.29 is 14.2 Å². The second kappa shape index (κ2) is 8.95. The third-order valence-corrected chi connectivity index (χ3v) is 14.5. The first-order chi connectivity index (χ1) is 13.8. The molecule has 0 bridgehead atoms. The summed E-state index contributed by atoms with van der Waals surface area (Å²) < 4.78 is 16.7. The molecule has 29 heavy (non-hydrogen) atoms. The molecule has 0 amide bonds. The van der Waals surface area contributed by atoms with Crippen LogP contribution in [0.1, 0.15) is 32.1 Å². The van der Waals surface area contributed by atoms with Crippen molar-refractivity contribution in [1.29, 1.82) is 0 Å². The number of hydrogen-bond donors (Lipinski definition) is 0. The van der Waals surface area contributed by atoms with Gasteiger partial charge in [0, 0.05) is 6.61 Å². The fraction of sp³-hybridized carbons (Fsp3) is 0.750. The first-order valence-electron chi connectivity index (χ1n) is 11.8. The minimum Gasteiger partial charge on any atom is -0.379 e. The quantitative estimate of drug-likeness (QED) is 0.297. The standard InChI is InChI=1S/C24H40O3Si2/c1-28(2,14-5-13-25-17-20-18-26-20)21-7-9-22(10-8-21)29(3,4)15-12-19-6-11-23-24(16-19)27-23/h7-10,19-20,23-24H,5-6,11-18H2,1-4H3. The average molecular weight is 433 g/mol. The van der Waals surface area contributed by atoms with Crippen molar-refractivity contribution >= 4 is 26.5 Å². The lowest BCUT2D eigenvalue weighted by Crippen LogP contribution is -2.45. The van der Waals surface area contributed by atoms with Crippen LogP contribution in [-0.4, -0.2) is 54.3 Å². The topological polar surface area (TPSA) is 34.3 Å². The zero-order chi connectivity index (χ0) is 20.5. The van der Waals surface area contributed by atoms with Gasteiger partial charge in [0.15, 0.2) is 0 Å². The van der Waals surface area contributed by atoms with E-state index in [4.69, 9.17) is 14.2 Å². The van der Waals surface area contributed by atoms with Gasteiger partial charge in [-0.25, -0.2) is 0 Å². The molecule has 5 heteroatoms. The molecule has 2 heterocycles. The van der Waals surface area contributed by atoms with E-state index in [2.05, 4.69) is 50.5 Å². The molecule has 3 nitrogen and oxygen atoms in total. The number of fused-ring (bicyclic) bond motifs is 1. The van der Waals surface area contributed by atoms with Crippen LogP contribution in [0.25, 0.3) is 0 Å². The molecule has 1 aromatic carbocycles. The Morgan fingerprint density at radius 2 is 1.59 bits per heavy atom. The Labute approximate surface area is 179 Å². The summed E-state index contributed by atoms with van der Waals surface area (Å²) in [4.78, 5) is 0. The fourth-order valence-corrected chi connectivity index (χ4v) is 9.84. The van der Waals surface area contributed by atoms with E-state index >= 15 is 0 Å². The summed E-state index contributed by atoms with van der Waals surface area (Å²) in [5, 5.41) is 3.23. The molecule has 2 saturated heterocycles. The van der Waals surface area contributed by atoms with Crippen LogP contribution in [0.5, 0.6) is 0 Å². The molecule has 0 spiro atoms. The van der Waals surface area contributed by atoms with Gasteiger partial charge in [-0.3, -0.25) is 0 Å². The Hall–Kier alpha value is -0.466. The number of hydrogen-bond acceptors (Lipinski definition) is 3. The van der Waals surface area contributed by atoms with Crippen molar-refractivity contribution in [3.05, 3.63) is 24.3 Å². The molecule has 0 aromatic heterocycles. The summed E-state index contributed by atoms with van der Waals surface area (Å²) >= 11 is 0. The van der Waals surface area contributed by atoms with Gasteiger partial charge in [-0.15, -0.1) is 0 Å². The molecule has 4 atom stereocenters. The Bertz CT molecular complexity index is 669. The molecule has 0 radical (unpaired) electrons. The van der Waals surface area contributed by atoms with Crippen LogP contribution in [0.3, 0.4) is 0 Å². The third kappa shape index (κ3) is 6.04. The molecule has 4 unspecified atom stereocenters. The van der Waals surface area contributed by atoms with Crippen molar-refractivity contribution in [2.75, 3.05) is 19.8 Å². The van der Waals surface area contributed by atoms with Crippen molar-refractivity contribution in [1.82, 2.24) is 0 Å². The van der Waals surface area contributed by atoms with Crippen LogP contribution in [0.4, 0.5) is 0 Å². The largest absolute Gasteiger partial charge is 0.379 e. The second-order valence-corrected chi connectivity index (χ2v) is 20.6. The zero-order valence-electron chi connectivity index (χ0n) is 18.9. The maximum Gasteiger partial charge on any atom is 0.104 e. The van der Waals surface area contributed by atoms with Gasteiger partial charge in [0.25, 0.3) is 0 Å². The van der Waals surface area contributed by atoms with Crippen LogP contribution in [0.2, 0.25) is 38.3 Å². The lowest BCUT2D eigenvalue weighted by molar-refractivity contribution is 0.117. The molecule has 0 N–H and O–H groups in total. The van der Waals surface area contributed by atoms with E-state index in [9.17, 15) is 0 Å². The summed E-state index contributed by atoms with van der Waals surface area (Å²) in [5.41, 5.74) is 0. The molecule has 3 aliphatic rings. The highest BCUT2D eigenvalue weighted by Gasteiger charge is 2.43.